The standard InChI is InChI=1S/C16H13ClN4O/c17-13-9-5-4-8-12(13)15-19-16(18)21(20-15)14(22)10-11-6-2-1-3-7-11/h1-9H,10H2,(H2,18,19,20). The predicted molar refractivity (Wildman–Crippen MR) is 85.7 cm³/mol. The van der Waals surface area contributed by atoms with Gasteiger partial charge in [-0.3, -0.25) is 4.79 Å². The lowest BCUT2D eigenvalue weighted by Gasteiger charge is -2.01. The third kappa shape index (κ3) is 2.84. The highest BCUT2D eigenvalue weighted by Crippen LogP contribution is 2.25. The zero-order valence-electron chi connectivity index (χ0n) is 11.6. The molecule has 0 saturated heterocycles. The lowest BCUT2D eigenvalue weighted by atomic mass is 10.1. The number of nitrogens with zero attached hydrogens (tertiary/aromatic N) is 3. The maximum atomic E-state index is 12.3. The average Bonchev–Trinajstić information content (AvgIpc) is 2.90. The van der Waals surface area contributed by atoms with Gasteiger partial charge in [0, 0.05) is 5.56 Å². The van der Waals surface area contributed by atoms with Gasteiger partial charge in [0.15, 0.2) is 5.82 Å². The van der Waals surface area contributed by atoms with Crippen molar-refractivity contribution >= 4 is 23.5 Å². The molecule has 0 aliphatic rings. The third-order valence-corrected chi connectivity index (χ3v) is 3.51. The van der Waals surface area contributed by atoms with E-state index < -0.39 is 0 Å². The van der Waals surface area contributed by atoms with Gasteiger partial charge in [0.2, 0.25) is 5.95 Å². The van der Waals surface area contributed by atoms with Gasteiger partial charge in [-0.1, -0.05) is 54.1 Å². The largest absolute Gasteiger partial charge is 0.368 e. The molecule has 0 amide bonds. The number of benzene rings is 2. The Hall–Kier alpha value is -2.66. The summed E-state index contributed by atoms with van der Waals surface area (Å²) in [7, 11) is 0. The fraction of sp³-hybridized carbons (Fsp3) is 0.0625. The lowest BCUT2D eigenvalue weighted by molar-refractivity contribution is 0.0901. The summed E-state index contributed by atoms with van der Waals surface area (Å²) in [6.07, 6.45) is 0.205. The lowest BCUT2D eigenvalue weighted by Crippen LogP contribution is -2.17. The summed E-state index contributed by atoms with van der Waals surface area (Å²) in [4.78, 5) is 16.4. The Morgan fingerprint density at radius 2 is 1.77 bits per heavy atom. The molecule has 0 atom stereocenters. The number of hydrogen-bond donors (Lipinski definition) is 1. The molecular weight excluding hydrogens is 300 g/mol. The van der Waals surface area contributed by atoms with E-state index in [9.17, 15) is 4.79 Å². The molecule has 0 saturated carbocycles. The number of halogens is 1. The van der Waals surface area contributed by atoms with Crippen LogP contribution in [0.5, 0.6) is 0 Å². The molecule has 1 heterocycles. The minimum Gasteiger partial charge on any atom is -0.368 e. The second-order valence-corrected chi connectivity index (χ2v) is 5.15. The fourth-order valence-electron chi connectivity index (χ4n) is 2.11. The molecule has 0 radical (unpaired) electrons. The molecule has 0 bridgehead atoms. The molecule has 1 aromatic heterocycles. The molecule has 5 nitrogen and oxygen atoms in total. The van der Waals surface area contributed by atoms with Crippen LogP contribution in [0.3, 0.4) is 0 Å². The van der Waals surface area contributed by atoms with E-state index in [-0.39, 0.29) is 18.3 Å². The van der Waals surface area contributed by atoms with E-state index in [2.05, 4.69) is 10.1 Å². The van der Waals surface area contributed by atoms with Crippen LogP contribution in [0.25, 0.3) is 11.4 Å². The van der Waals surface area contributed by atoms with Crippen molar-refractivity contribution in [3.8, 4) is 11.4 Å². The average molecular weight is 313 g/mol. The predicted octanol–water partition coefficient (Wildman–Crippen LogP) is 3.06. The monoisotopic (exact) mass is 312 g/mol. The molecule has 6 heteroatoms. The number of aromatic nitrogens is 3. The highest BCUT2D eigenvalue weighted by atomic mass is 35.5. The van der Waals surface area contributed by atoms with Crippen LogP contribution in [-0.2, 0) is 6.42 Å². The van der Waals surface area contributed by atoms with Crippen LogP contribution >= 0.6 is 11.6 Å². The summed E-state index contributed by atoms with van der Waals surface area (Å²) in [5.74, 6) is 0.148. The van der Waals surface area contributed by atoms with Gasteiger partial charge in [0.25, 0.3) is 5.91 Å². The van der Waals surface area contributed by atoms with Crippen LogP contribution in [0.2, 0.25) is 5.02 Å². The van der Waals surface area contributed by atoms with Crippen molar-refractivity contribution in [2.75, 3.05) is 5.73 Å². The fourth-order valence-corrected chi connectivity index (χ4v) is 2.33. The number of nitrogen functional groups attached to an aromatic ring is 1. The molecule has 110 valence electrons. The topological polar surface area (TPSA) is 73.8 Å². The van der Waals surface area contributed by atoms with Crippen LogP contribution in [-0.4, -0.2) is 20.7 Å². The number of carbonyl (C=O) groups excluding carboxylic acids is 1. The second kappa shape index (κ2) is 5.99. The first-order valence-corrected chi connectivity index (χ1v) is 7.07. The number of anilines is 1. The van der Waals surface area contributed by atoms with E-state index >= 15 is 0 Å². The number of carbonyl (C=O) groups is 1. The van der Waals surface area contributed by atoms with Crippen molar-refractivity contribution in [1.82, 2.24) is 14.8 Å². The Morgan fingerprint density at radius 1 is 1.09 bits per heavy atom. The van der Waals surface area contributed by atoms with Crippen LogP contribution in [0.1, 0.15) is 10.4 Å². The summed E-state index contributed by atoms with van der Waals surface area (Å²) in [5.41, 5.74) is 7.34. The molecule has 0 fully saturated rings. The first-order chi connectivity index (χ1) is 10.6. The maximum absolute atomic E-state index is 12.3. The molecule has 0 aliphatic heterocycles. The number of hydrogen-bond acceptors (Lipinski definition) is 4. The van der Waals surface area contributed by atoms with Crippen molar-refractivity contribution in [1.29, 1.82) is 0 Å². The summed E-state index contributed by atoms with van der Waals surface area (Å²) in [6.45, 7) is 0. The van der Waals surface area contributed by atoms with Gasteiger partial charge in [-0.2, -0.15) is 9.67 Å². The Balaban J connectivity index is 1.90. The highest BCUT2D eigenvalue weighted by molar-refractivity contribution is 6.33. The summed E-state index contributed by atoms with van der Waals surface area (Å²) >= 11 is 6.11. The van der Waals surface area contributed by atoms with Crippen molar-refractivity contribution in [3.63, 3.8) is 0 Å². The van der Waals surface area contributed by atoms with Gasteiger partial charge in [-0.15, -0.1) is 5.10 Å². The van der Waals surface area contributed by atoms with E-state index in [4.69, 9.17) is 17.3 Å². The van der Waals surface area contributed by atoms with Crippen LogP contribution < -0.4 is 5.73 Å². The summed E-state index contributed by atoms with van der Waals surface area (Å²) < 4.78 is 1.12. The number of nitrogens with two attached hydrogens (primary N) is 1. The first kappa shape index (κ1) is 14.3. The SMILES string of the molecule is Nc1nc(-c2ccccc2Cl)nn1C(=O)Cc1ccccc1. The smallest absolute Gasteiger partial charge is 0.254 e. The zero-order chi connectivity index (χ0) is 15.5. The highest BCUT2D eigenvalue weighted by Gasteiger charge is 2.16. The van der Waals surface area contributed by atoms with E-state index in [1.165, 1.54) is 0 Å². The molecule has 22 heavy (non-hydrogen) atoms. The Labute approximate surface area is 132 Å². The maximum Gasteiger partial charge on any atom is 0.254 e. The second-order valence-electron chi connectivity index (χ2n) is 4.74. The number of rotatable bonds is 3. The van der Waals surface area contributed by atoms with E-state index in [0.717, 1.165) is 10.2 Å². The van der Waals surface area contributed by atoms with Gasteiger partial charge in [0.05, 0.1) is 11.4 Å². The molecule has 3 aromatic rings. The van der Waals surface area contributed by atoms with Gasteiger partial charge >= 0.3 is 0 Å². The molecule has 3 rings (SSSR count). The van der Waals surface area contributed by atoms with E-state index in [1.54, 1.807) is 12.1 Å². The van der Waals surface area contributed by atoms with E-state index in [0.29, 0.717) is 16.4 Å². The van der Waals surface area contributed by atoms with Crippen LogP contribution in [0.15, 0.2) is 54.6 Å². The quantitative estimate of drug-likeness (QED) is 0.806. The molecule has 2 aromatic carbocycles. The molecular formula is C16H13ClN4O. The minimum atomic E-state index is -0.241. The first-order valence-electron chi connectivity index (χ1n) is 6.69. The van der Waals surface area contributed by atoms with Crippen molar-refractivity contribution < 1.29 is 4.79 Å². The van der Waals surface area contributed by atoms with Gasteiger partial charge in [-0.25, -0.2) is 0 Å². The van der Waals surface area contributed by atoms with Crippen LogP contribution in [0, 0.1) is 0 Å². The minimum absolute atomic E-state index is 0.0517. The van der Waals surface area contributed by atoms with E-state index in [1.807, 2.05) is 42.5 Å². The van der Waals surface area contributed by atoms with Crippen molar-refractivity contribution in [2.24, 2.45) is 0 Å². The molecule has 0 unspecified atom stereocenters. The van der Waals surface area contributed by atoms with Gasteiger partial charge in [-0.05, 0) is 17.7 Å². The van der Waals surface area contributed by atoms with Crippen LogP contribution in [0.4, 0.5) is 5.95 Å². The van der Waals surface area contributed by atoms with Crippen molar-refractivity contribution in [2.45, 2.75) is 6.42 Å². The molecule has 0 aliphatic carbocycles. The molecule has 2 N–H and O–H groups in total. The van der Waals surface area contributed by atoms with Gasteiger partial charge < -0.3 is 5.73 Å². The summed E-state index contributed by atoms with van der Waals surface area (Å²) in [6, 6.07) is 16.6. The Kier molecular flexibility index (Phi) is 3.89. The van der Waals surface area contributed by atoms with Gasteiger partial charge in [0.1, 0.15) is 0 Å². The Bertz CT molecular complexity index is 814. The molecule has 0 spiro atoms. The Morgan fingerprint density at radius 3 is 2.50 bits per heavy atom. The normalized spacial score (nSPS) is 10.6. The third-order valence-electron chi connectivity index (χ3n) is 3.18. The zero-order valence-corrected chi connectivity index (χ0v) is 12.4. The van der Waals surface area contributed by atoms with Crippen molar-refractivity contribution in [3.05, 3.63) is 65.2 Å². The summed E-state index contributed by atoms with van der Waals surface area (Å²) in [5, 5.41) is 4.69.